The maximum absolute atomic E-state index is 10.5. The highest BCUT2D eigenvalue weighted by atomic mass is 16.4. The Kier molecular flexibility index (Phi) is 4.31. The van der Waals surface area contributed by atoms with Gasteiger partial charge in [0.05, 0.1) is 12.3 Å². The summed E-state index contributed by atoms with van der Waals surface area (Å²) < 4.78 is 9.42. The molecule has 2 rings (SSSR count). The van der Waals surface area contributed by atoms with E-state index in [-0.39, 0.29) is 24.1 Å². The third kappa shape index (κ3) is 3.24. The number of aryl methyl sites for hydroxylation is 2. The van der Waals surface area contributed by atoms with Crippen molar-refractivity contribution in [1.82, 2.24) is 0 Å². The summed E-state index contributed by atoms with van der Waals surface area (Å²) in [5, 5.41) is 17.7. The normalized spacial score (nSPS) is 9.44. The minimum Gasteiger partial charge on any atom is -0.502 e. The molecule has 2 aromatic heterocycles. The molecule has 0 bridgehead atoms. The van der Waals surface area contributed by atoms with Crippen LogP contribution in [-0.4, -0.2) is 15.0 Å². The van der Waals surface area contributed by atoms with E-state index in [1.807, 2.05) is 0 Å². The zero-order valence-electron chi connectivity index (χ0n) is 10.9. The average molecular weight is 254 g/mol. The van der Waals surface area contributed by atoms with Crippen molar-refractivity contribution >= 4 is 0 Å². The van der Waals surface area contributed by atoms with E-state index in [1.165, 1.54) is 31.6 Å². The van der Waals surface area contributed by atoms with Crippen molar-refractivity contribution in [3.63, 3.8) is 0 Å². The third-order valence-corrected chi connectivity index (χ3v) is 2.08. The third-order valence-electron chi connectivity index (χ3n) is 2.08. The van der Waals surface area contributed by atoms with Gasteiger partial charge in [0.1, 0.15) is 12.0 Å². The van der Waals surface area contributed by atoms with Crippen LogP contribution in [-0.2, 0) is 0 Å². The van der Waals surface area contributed by atoms with Crippen molar-refractivity contribution in [2.75, 3.05) is 0 Å². The number of aromatic hydroxyl groups is 2. The van der Waals surface area contributed by atoms with Crippen LogP contribution < -0.4 is 10.9 Å². The first kappa shape index (κ1) is 13.6. The van der Waals surface area contributed by atoms with Gasteiger partial charge >= 0.3 is 6.86 Å². The van der Waals surface area contributed by atoms with Crippen molar-refractivity contribution in [2.24, 2.45) is 0 Å². The van der Waals surface area contributed by atoms with Gasteiger partial charge < -0.3 is 19.0 Å². The highest BCUT2D eigenvalue weighted by molar-refractivity contribution is 5.20. The van der Waals surface area contributed by atoms with Gasteiger partial charge in [0.15, 0.2) is 5.76 Å². The quantitative estimate of drug-likeness (QED) is 0.684. The maximum atomic E-state index is 10.5. The summed E-state index contributed by atoms with van der Waals surface area (Å²) in [5.74, 6) is 0.0625. The molecule has 6 heteroatoms. The minimum absolute atomic E-state index is 0. The molecule has 0 saturated heterocycles. The summed E-state index contributed by atoms with van der Waals surface area (Å²) in [6, 6.07) is 2.45. The Hall–Kier alpha value is -2.50. The first-order valence-electron chi connectivity index (χ1n) is 5.00. The van der Waals surface area contributed by atoms with Crippen LogP contribution in [0.2, 0.25) is 0 Å². The van der Waals surface area contributed by atoms with E-state index in [0.29, 0.717) is 5.76 Å². The van der Waals surface area contributed by atoms with E-state index in [9.17, 15) is 4.79 Å². The van der Waals surface area contributed by atoms with Gasteiger partial charge in [-0.1, -0.05) is 0 Å². The second-order valence-corrected chi connectivity index (χ2v) is 3.40. The fourth-order valence-electron chi connectivity index (χ4n) is 1.02. The van der Waals surface area contributed by atoms with Crippen LogP contribution in [0, 0.1) is 13.8 Å². The Labute approximate surface area is 103 Å². The van der Waals surface area contributed by atoms with E-state index in [0.717, 1.165) is 0 Å². The van der Waals surface area contributed by atoms with Crippen molar-refractivity contribution in [3.8, 4) is 11.5 Å². The zero-order valence-corrected chi connectivity index (χ0v) is 9.88. The molecule has 18 heavy (non-hydrogen) atoms. The Morgan fingerprint density at radius 3 is 1.94 bits per heavy atom. The molecule has 2 aromatic rings. The fraction of sp³-hybridized carbons (Fsp3) is 0.167. The Morgan fingerprint density at radius 2 is 1.56 bits per heavy atom. The molecule has 0 aliphatic carbocycles. The van der Waals surface area contributed by atoms with Gasteiger partial charge in [-0.3, -0.25) is 9.59 Å². The van der Waals surface area contributed by atoms with Crippen molar-refractivity contribution in [3.05, 3.63) is 51.8 Å². The zero-order chi connectivity index (χ0) is 13.7. The van der Waals surface area contributed by atoms with Crippen LogP contribution >= 0.6 is 0 Å². The summed E-state index contributed by atoms with van der Waals surface area (Å²) in [4.78, 5) is 19.3. The molecule has 3 N–H and O–H groups in total. The second kappa shape index (κ2) is 5.72. The van der Waals surface area contributed by atoms with Gasteiger partial charge in [-0.2, -0.15) is 0 Å². The van der Waals surface area contributed by atoms with Crippen LogP contribution in [0.4, 0.5) is 0 Å². The fourth-order valence-corrected chi connectivity index (χ4v) is 1.02. The van der Waals surface area contributed by atoms with Crippen LogP contribution in [0.3, 0.4) is 0 Å². The van der Waals surface area contributed by atoms with E-state index >= 15 is 0 Å². The highest BCUT2D eigenvalue weighted by Gasteiger charge is 2.04. The summed E-state index contributed by atoms with van der Waals surface area (Å²) in [6.07, 6.45) is 2.56. The predicted molar refractivity (Wildman–Crippen MR) is 62.7 cm³/mol. The lowest BCUT2D eigenvalue weighted by atomic mass is 10.4. The van der Waals surface area contributed by atoms with E-state index in [2.05, 4.69) is 4.42 Å². The van der Waals surface area contributed by atoms with Gasteiger partial charge in [0, 0.05) is 6.07 Å². The molecule has 96 valence electrons. The molecular formula is C12H14O6+2. The lowest BCUT2D eigenvalue weighted by molar-refractivity contribution is 0.386. The summed E-state index contributed by atoms with van der Waals surface area (Å²) in [5.41, 5.74) is -0.558. The van der Waals surface area contributed by atoms with Gasteiger partial charge in [-0.05, 0) is 13.8 Å². The van der Waals surface area contributed by atoms with E-state index in [1.54, 1.807) is 6.92 Å². The van der Waals surface area contributed by atoms with Crippen molar-refractivity contribution in [2.45, 2.75) is 13.8 Å². The van der Waals surface area contributed by atoms with Gasteiger partial charge in [-0.15, -0.1) is 0 Å². The molecule has 2 heterocycles. The molecule has 0 aromatic carbocycles. The molecule has 0 unspecified atom stereocenters. The standard InChI is InChI=1S/2C6H6O3/c2*1-4-6(8)5(7)2-3-9-4/h2*2-3,8H,1H3/p+2. The van der Waals surface area contributed by atoms with Crippen molar-refractivity contribution in [1.29, 1.82) is 0 Å². The average Bonchev–Trinajstić information content (AvgIpc) is 2.34. The Morgan fingerprint density at radius 1 is 1.06 bits per heavy atom. The topological polar surface area (TPSA) is 105 Å². The van der Waals surface area contributed by atoms with Crippen LogP contribution in [0.25, 0.3) is 0 Å². The Bertz CT molecular complexity index is 586. The van der Waals surface area contributed by atoms with Gasteiger partial charge in [-0.25, -0.2) is 0 Å². The molecule has 0 atom stereocenters. The lowest BCUT2D eigenvalue weighted by Gasteiger charge is -1.91. The molecule has 0 aliphatic rings. The summed E-state index contributed by atoms with van der Waals surface area (Å²) in [7, 11) is 0. The SMILES string of the molecule is Cc1occc(=O)c1O.Cc1occc(=[OH+])c1O.[H+]. The van der Waals surface area contributed by atoms with E-state index in [4.69, 9.17) is 19.4 Å². The van der Waals surface area contributed by atoms with Crippen LogP contribution in [0.15, 0.2) is 38.3 Å². The summed E-state index contributed by atoms with van der Waals surface area (Å²) in [6.45, 7) is 3.09. The Balaban J connectivity index is 0.000000324. The number of hydrogen-bond donors (Lipinski definition) is 2. The monoisotopic (exact) mass is 254 g/mol. The molecule has 6 nitrogen and oxygen atoms in total. The molecule has 0 spiro atoms. The second-order valence-electron chi connectivity index (χ2n) is 3.40. The van der Waals surface area contributed by atoms with Crippen LogP contribution in [0.1, 0.15) is 12.9 Å². The molecule has 0 aliphatic heterocycles. The smallest absolute Gasteiger partial charge is 0.502 e. The molecule has 0 amide bonds. The first-order valence-corrected chi connectivity index (χ1v) is 5.00. The van der Waals surface area contributed by atoms with Gasteiger partial charge in [0.25, 0.3) is 5.75 Å². The first-order chi connectivity index (χ1) is 8.43. The van der Waals surface area contributed by atoms with E-state index < -0.39 is 5.43 Å². The molecule has 0 fully saturated rings. The number of rotatable bonds is 0. The lowest BCUT2D eigenvalue weighted by Crippen LogP contribution is -2.00. The maximum Gasteiger partial charge on any atom is 1.00 e. The van der Waals surface area contributed by atoms with Crippen molar-refractivity contribution < 1.29 is 25.3 Å². The largest absolute Gasteiger partial charge is 1.00 e. The number of hydrogen-bond acceptors (Lipinski definition) is 5. The molecule has 0 saturated carbocycles. The molecule has 0 radical (unpaired) electrons. The predicted octanol–water partition coefficient (Wildman–Crippen LogP) is 1.06. The summed E-state index contributed by atoms with van der Waals surface area (Å²) >= 11 is 0. The van der Waals surface area contributed by atoms with Crippen LogP contribution in [0.5, 0.6) is 11.5 Å². The minimum atomic E-state index is -0.404. The molecular weight excluding hydrogens is 240 g/mol. The van der Waals surface area contributed by atoms with Gasteiger partial charge in [0.2, 0.25) is 11.2 Å². The highest BCUT2D eigenvalue weighted by Crippen LogP contribution is 2.06.